The van der Waals surface area contributed by atoms with Crippen molar-refractivity contribution in [2.75, 3.05) is 5.32 Å². The van der Waals surface area contributed by atoms with Gasteiger partial charge >= 0.3 is 5.69 Å². The van der Waals surface area contributed by atoms with Gasteiger partial charge in [0.15, 0.2) is 0 Å². The number of amides is 1. The molecular weight excluding hydrogens is 282 g/mol. The smallest absolute Gasteiger partial charge is 0.348 e. The van der Waals surface area contributed by atoms with Crippen LogP contribution in [0.15, 0.2) is 35.1 Å². The summed E-state index contributed by atoms with van der Waals surface area (Å²) in [5, 5.41) is 12.0. The summed E-state index contributed by atoms with van der Waals surface area (Å²) in [7, 11) is 0. The number of carbonyl (C=O) groups excluding carboxylic acids is 1. The van der Waals surface area contributed by atoms with Crippen molar-refractivity contribution in [3.05, 3.63) is 52.2 Å². The maximum Gasteiger partial charge on any atom is 0.348 e. The van der Waals surface area contributed by atoms with Crippen molar-refractivity contribution >= 4 is 11.6 Å². The second kappa shape index (κ2) is 6.43. The fraction of sp³-hybridized carbons (Fsp3) is 0.312. The number of phenols is 1. The summed E-state index contributed by atoms with van der Waals surface area (Å²) in [6.45, 7) is 5.37. The third kappa shape index (κ3) is 3.33. The minimum atomic E-state index is -0.630. The van der Waals surface area contributed by atoms with E-state index in [0.29, 0.717) is 23.5 Å². The van der Waals surface area contributed by atoms with Crippen molar-refractivity contribution in [2.24, 2.45) is 0 Å². The second-order valence-electron chi connectivity index (χ2n) is 5.15. The molecule has 0 saturated carbocycles. The predicted octanol–water partition coefficient (Wildman–Crippen LogP) is 2.16. The van der Waals surface area contributed by atoms with Gasteiger partial charge in [0.05, 0.1) is 0 Å². The molecule has 6 heteroatoms. The lowest BCUT2D eigenvalue weighted by Gasteiger charge is -2.20. The molecule has 0 aliphatic rings. The molecule has 0 fully saturated rings. The van der Waals surface area contributed by atoms with Gasteiger partial charge in [0.2, 0.25) is 5.91 Å². The van der Waals surface area contributed by atoms with Crippen molar-refractivity contribution in [1.82, 2.24) is 9.55 Å². The Morgan fingerprint density at radius 2 is 1.95 bits per heavy atom. The highest BCUT2D eigenvalue weighted by Gasteiger charge is 2.21. The molecule has 0 spiro atoms. The number of aromatic hydroxyl groups is 1. The molecular formula is C16H19N3O3. The molecule has 0 saturated heterocycles. The summed E-state index contributed by atoms with van der Waals surface area (Å²) in [5.74, 6) is -0.163. The van der Waals surface area contributed by atoms with Crippen LogP contribution in [0.25, 0.3) is 0 Å². The molecule has 1 aromatic carbocycles. The highest BCUT2D eigenvalue weighted by molar-refractivity contribution is 5.93. The van der Waals surface area contributed by atoms with E-state index in [-0.39, 0.29) is 11.7 Å². The van der Waals surface area contributed by atoms with Crippen LogP contribution in [0.4, 0.5) is 5.69 Å². The Morgan fingerprint density at radius 1 is 1.32 bits per heavy atom. The van der Waals surface area contributed by atoms with E-state index in [4.69, 9.17) is 0 Å². The molecule has 2 rings (SSSR count). The molecule has 1 unspecified atom stereocenters. The van der Waals surface area contributed by atoms with Crippen molar-refractivity contribution in [3.63, 3.8) is 0 Å². The van der Waals surface area contributed by atoms with E-state index in [0.717, 1.165) is 0 Å². The van der Waals surface area contributed by atoms with Gasteiger partial charge < -0.3 is 10.4 Å². The Hall–Kier alpha value is -2.63. The standard InChI is InChI=1S/C16H19N3O3/c1-4-14(19-11(3)9-10(2)17-16(19)22)15(21)18-12-5-7-13(20)8-6-12/h5-9,14,20H,4H2,1-3H3,(H,18,21). The fourth-order valence-electron chi connectivity index (χ4n) is 2.39. The van der Waals surface area contributed by atoms with Gasteiger partial charge in [0.25, 0.3) is 0 Å². The summed E-state index contributed by atoms with van der Waals surface area (Å²) in [6.07, 6.45) is 0.468. The lowest BCUT2D eigenvalue weighted by atomic mass is 10.1. The third-order valence-electron chi connectivity index (χ3n) is 3.41. The van der Waals surface area contributed by atoms with Crippen LogP contribution in [-0.4, -0.2) is 20.6 Å². The Labute approximate surface area is 128 Å². The first-order chi connectivity index (χ1) is 10.4. The number of anilines is 1. The first kappa shape index (κ1) is 15.8. The Morgan fingerprint density at radius 3 is 2.50 bits per heavy atom. The molecule has 0 aliphatic heterocycles. The van der Waals surface area contributed by atoms with E-state index in [2.05, 4.69) is 10.3 Å². The van der Waals surface area contributed by atoms with Crippen LogP contribution in [0.2, 0.25) is 0 Å². The summed E-state index contributed by atoms with van der Waals surface area (Å²) in [5.41, 5.74) is 1.47. The molecule has 2 N–H and O–H groups in total. The zero-order chi connectivity index (χ0) is 16.3. The zero-order valence-electron chi connectivity index (χ0n) is 12.8. The van der Waals surface area contributed by atoms with Crippen LogP contribution in [0.3, 0.4) is 0 Å². The first-order valence-corrected chi connectivity index (χ1v) is 7.09. The molecule has 0 radical (unpaired) electrons. The van der Waals surface area contributed by atoms with Gasteiger partial charge in [0.1, 0.15) is 11.8 Å². The highest BCUT2D eigenvalue weighted by atomic mass is 16.3. The van der Waals surface area contributed by atoms with E-state index in [1.54, 1.807) is 32.0 Å². The van der Waals surface area contributed by atoms with E-state index in [9.17, 15) is 14.7 Å². The van der Waals surface area contributed by atoms with Gasteiger partial charge in [-0.3, -0.25) is 9.36 Å². The monoisotopic (exact) mass is 301 g/mol. The molecule has 1 atom stereocenters. The average Bonchev–Trinajstić information content (AvgIpc) is 2.45. The number of nitrogens with one attached hydrogen (secondary N) is 1. The Bertz CT molecular complexity index is 735. The molecule has 1 heterocycles. The zero-order valence-corrected chi connectivity index (χ0v) is 12.8. The SMILES string of the molecule is CCC(C(=O)Nc1ccc(O)cc1)n1c(C)cc(C)nc1=O. The van der Waals surface area contributed by atoms with E-state index < -0.39 is 11.7 Å². The van der Waals surface area contributed by atoms with E-state index in [1.165, 1.54) is 16.7 Å². The molecule has 22 heavy (non-hydrogen) atoms. The van der Waals surface area contributed by atoms with Crippen molar-refractivity contribution < 1.29 is 9.90 Å². The highest BCUT2D eigenvalue weighted by Crippen LogP contribution is 2.18. The number of benzene rings is 1. The van der Waals surface area contributed by atoms with Crippen LogP contribution < -0.4 is 11.0 Å². The number of hydrogen-bond acceptors (Lipinski definition) is 4. The quantitative estimate of drug-likeness (QED) is 0.848. The van der Waals surface area contributed by atoms with Gasteiger partial charge in [0, 0.05) is 17.1 Å². The number of aryl methyl sites for hydroxylation is 2. The van der Waals surface area contributed by atoms with Crippen LogP contribution >= 0.6 is 0 Å². The normalized spacial score (nSPS) is 12.0. The van der Waals surface area contributed by atoms with Crippen molar-refractivity contribution in [1.29, 1.82) is 0 Å². The molecule has 0 aliphatic carbocycles. The molecule has 116 valence electrons. The molecule has 2 aromatic rings. The molecule has 6 nitrogen and oxygen atoms in total. The van der Waals surface area contributed by atoms with Gasteiger partial charge in [-0.05, 0) is 50.6 Å². The molecule has 1 aromatic heterocycles. The predicted molar refractivity (Wildman–Crippen MR) is 84.0 cm³/mol. The Kier molecular flexibility index (Phi) is 4.60. The summed E-state index contributed by atoms with van der Waals surface area (Å²) in [6, 6.07) is 7.32. The Balaban J connectivity index is 2.30. The minimum Gasteiger partial charge on any atom is -0.508 e. The van der Waals surface area contributed by atoms with E-state index >= 15 is 0 Å². The van der Waals surface area contributed by atoms with Gasteiger partial charge in [-0.1, -0.05) is 6.92 Å². The maximum atomic E-state index is 12.5. The average molecular weight is 301 g/mol. The van der Waals surface area contributed by atoms with Gasteiger partial charge in [-0.15, -0.1) is 0 Å². The van der Waals surface area contributed by atoms with Crippen molar-refractivity contribution in [2.45, 2.75) is 33.2 Å². The first-order valence-electron chi connectivity index (χ1n) is 7.09. The summed E-state index contributed by atoms with van der Waals surface area (Å²) >= 11 is 0. The summed E-state index contributed by atoms with van der Waals surface area (Å²) < 4.78 is 1.41. The number of rotatable bonds is 4. The van der Waals surface area contributed by atoms with E-state index in [1.807, 2.05) is 6.92 Å². The second-order valence-corrected chi connectivity index (χ2v) is 5.15. The largest absolute Gasteiger partial charge is 0.508 e. The number of carbonyl (C=O) groups is 1. The molecule has 0 bridgehead atoms. The lowest BCUT2D eigenvalue weighted by Crippen LogP contribution is -2.36. The topological polar surface area (TPSA) is 84.2 Å². The maximum absolute atomic E-state index is 12.5. The number of nitrogens with zero attached hydrogens (tertiary/aromatic N) is 2. The van der Waals surface area contributed by atoms with Crippen LogP contribution in [0.1, 0.15) is 30.8 Å². The summed E-state index contributed by atoms with van der Waals surface area (Å²) in [4.78, 5) is 28.5. The van der Waals surface area contributed by atoms with Crippen LogP contribution in [0.5, 0.6) is 5.75 Å². The number of phenolic OH excluding ortho intramolecular Hbond substituents is 1. The van der Waals surface area contributed by atoms with Crippen LogP contribution in [-0.2, 0) is 4.79 Å². The molecule has 1 amide bonds. The van der Waals surface area contributed by atoms with Crippen LogP contribution in [0, 0.1) is 13.8 Å². The van der Waals surface area contributed by atoms with Crippen molar-refractivity contribution in [3.8, 4) is 5.75 Å². The fourth-order valence-corrected chi connectivity index (χ4v) is 2.39. The van der Waals surface area contributed by atoms with Gasteiger partial charge in [-0.2, -0.15) is 4.98 Å². The third-order valence-corrected chi connectivity index (χ3v) is 3.41. The lowest BCUT2D eigenvalue weighted by molar-refractivity contribution is -0.119. The van der Waals surface area contributed by atoms with Gasteiger partial charge in [-0.25, -0.2) is 4.79 Å². The number of hydrogen-bond donors (Lipinski definition) is 2. The minimum absolute atomic E-state index is 0.125. The number of aromatic nitrogens is 2.